The van der Waals surface area contributed by atoms with Crippen LogP contribution in [0.1, 0.15) is 35.2 Å². The Morgan fingerprint density at radius 3 is 2.51 bits per heavy atom. The average Bonchev–Trinajstić information content (AvgIpc) is 2.83. The largest absolute Gasteiger partial charge is 0.490 e. The van der Waals surface area contributed by atoms with Crippen LogP contribution in [0, 0.1) is 6.92 Å². The molecule has 2 aliphatic heterocycles. The van der Waals surface area contributed by atoms with Crippen molar-refractivity contribution in [3.63, 3.8) is 0 Å². The molecule has 0 unspecified atom stereocenters. The van der Waals surface area contributed by atoms with Gasteiger partial charge in [0.25, 0.3) is 5.91 Å². The van der Waals surface area contributed by atoms with E-state index in [9.17, 15) is 14.4 Å². The molecule has 0 aromatic heterocycles. The maximum Gasteiger partial charge on any atom is 0.257 e. The fraction of sp³-hybridized carbons (Fsp3) is 0.423. The number of amides is 3. The van der Waals surface area contributed by atoms with Gasteiger partial charge >= 0.3 is 0 Å². The molecule has 0 aliphatic carbocycles. The number of aryl methyl sites for hydroxylation is 1. The summed E-state index contributed by atoms with van der Waals surface area (Å²) in [6.07, 6.45) is 0.962. The maximum atomic E-state index is 13.3. The van der Waals surface area contributed by atoms with Crippen LogP contribution in [0.2, 0.25) is 0 Å². The van der Waals surface area contributed by atoms with Gasteiger partial charge in [-0.2, -0.15) is 0 Å². The third-order valence-electron chi connectivity index (χ3n) is 6.32. The number of fused-ring (bicyclic) bond motifs is 2. The number of methoxy groups -OCH3 is 1. The van der Waals surface area contributed by atoms with Crippen LogP contribution in [0.4, 0.5) is 11.4 Å². The van der Waals surface area contributed by atoms with E-state index < -0.39 is 0 Å². The summed E-state index contributed by atoms with van der Waals surface area (Å²) in [4.78, 5) is 39.4. The van der Waals surface area contributed by atoms with Crippen molar-refractivity contribution in [3.05, 3.63) is 53.6 Å². The van der Waals surface area contributed by atoms with Gasteiger partial charge in [0.15, 0.2) is 0 Å². The molecule has 0 radical (unpaired) electrons. The van der Waals surface area contributed by atoms with E-state index in [1.165, 1.54) is 7.11 Å². The molecule has 9 nitrogen and oxygen atoms in total. The van der Waals surface area contributed by atoms with Gasteiger partial charge in [0, 0.05) is 25.5 Å². The topological polar surface area (TPSA) is 106 Å². The molecule has 4 rings (SSSR count). The SMILES string of the molecule is COCC(=O)Nc1ccc2c(c1)C(=O)N(C)[C@H]1CC[C@H](CC(=O)Nc3ccc(C)cc3)O[C@@H]1CO2. The number of benzene rings is 2. The Kier molecular flexibility index (Phi) is 7.67. The van der Waals surface area contributed by atoms with E-state index in [4.69, 9.17) is 14.2 Å². The molecule has 35 heavy (non-hydrogen) atoms. The molecule has 0 spiro atoms. The van der Waals surface area contributed by atoms with E-state index in [0.29, 0.717) is 29.8 Å². The lowest BCUT2D eigenvalue weighted by Crippen LogP contribution is -2.53. The zero-order valence-corrected chi connectivity index (χ0v) is 20.2. The van der Waals surface area contributed by atoms with E-state index in [1.807, 2.05) is 31.2 Å². The standard InChI is InChI=1S/C26H31N3O6/c1-16-4-6-17(7-5-16)27-24(30)13-19-9-10-21-23(35-19)14-34-22-11-8-18(28-25(31)15-33-3)12-20(22)26(32)29(21)2/h4-8,11-12,19,21,23H,9-10,13-15H2,1-3H3,(H,27,30)(H,28,31)/t19-,21+,23-/m1/s1. The van der Waals surface area contributed by atoms with Crippen molar-refractivity contribution in [3.8, 4) is 5.75 Å². The second-order valence-corrected chi connectivity index (χ2v) is 8.98. The number of nitrogens with zero attached hydrogens (tertiary/aromatic N) is 1. The Morgan fingerprint density at radius 2 is 1.77 bits per heavy atom. The molecule has 0 saturated carbocycles. The Hall–Kier alpha value is -3.43. The molecule has 0 bridgehead atoms. The Morgan fingerprint density at radius 1 is 1.06 bits per heavy atom. The van der Waals surface area contributed by atoms with Crippen molar-refractivity contribution < 1.29 is 28.6 Å². The molecule has 3 amide bonds. The highest BCUT2D eigenvalue weighted by atomic mass is 16.5. The maximum absolute atomic E-state index is 13.3. The van der Waals surface area contributed by atoms with Crippen LogP contribution in [0.15, 0.2) is 42.5 Å². The summed E-state index contributed by atoms with van der Waals surface area (Å²) in [7, 11) is 3.19. The number of rotatable bonds is 6. The van der Waals surface area contributed by atoms with Crippen molar-refractivity contribution in [2.45, 2.75) is 44.4 Å². The van der Waals surface area contributed by atoms with Gasteiger partial charge in [-0.1, -0.05) is 17.7 Å². The minimum absolute atomic E-state index is 0.0767. The van der Waals surface area contributed by atoms with Crippen molar-refractivity contribution in [1.82, 2.24) is 4.90 Å². The Labute approximate surface area is 204 Å². The lowest BCUT2D eigenvalue weighted by atomic mass is 9.94. The monoisotopic (exact) mass is 481 g/mol. The van der Waals surface area contributed by atoms with Crippen molar-refractivity contribution in [2.24, 2.45) is 0 Å². The van der Waals surface area contributed by atoms with E-state index in [0.717, 1.165) is 11.3 Å². The second kappa shape index (κ2) is 10.9. The predicted octanol–water partition coefficient (Wildman–Crippen LogP) is 2.99. The zero-order chi connectivity index (χ0) is 24.9. The molecule has 9 heteroatoms. The first kappa shape index (κ1) is 24.7. The van der Waals surface area contributed by atoms with E-state index in [1.54, 1.807) is 30.1 Å². The highest BCUT2D eigenvalue weighted by Gasteiger charge is 2.39. The number of hydrogen-bond donors (Lipinski definition) is 2. The Balaban J connectivity index is 1.41. The zero-order valence-electron chi connectivity index (χ0n) is 20.2. The Bertz CT molecular complexity index is 1090. The first-order valence-corrected chi connectivity index (χ1v) is 11.7. The number of carbonyl (C=O) groups is 3. The number of ether oxygens (including phenoxy) is 3. The molecule has 2 N–H and O–H groups in total. The molecule has 2 aromatic carbocycles. The van der Waals surface area contributed by atoms with Gasteiger partial charge in [-0.15, -0.1) is 0 Å². The normalized spacial score (nSPS) is 21.6. The third kappa shape index (κ3) is 5.98. The summed E-state index contributed by atoms with van der Waals surface area (Å²) < 4.78 is 17.1. The van der Waals surface area contributed by atoms with Crippen LogP contribution in [0.3, 0.4) is 0 Å². The number of anilines is 2. The van der Waals surface area contributed by atoms with Crippen LogP contribution in [0.5, 0.6) is 5.75 Å². The molecule has 186 valence electrons. The number of likely N-dealkylation sites (N-methyl/N-ethyl adjacent to an activating group) is 1. The highest BCUT2D eigenvalue weighted by molar-refractivity contribution is 6.00. The number of carbonyl (C=O) groups excluding carboxylic acids is 3. The van der Waals surface area contributed by atoms with Crippen LogP contribution in [-0.2, 0) is 19.1 Å². The van der Waals surface area contributed by atoms with Crippen LogP contribution >= 0.6 is 0 Å². The lowest BCUT2D eigenvalue weighted by Gasteiger charge is -2.42. The summed E-state index contributed by atoms with van der Waals surface area (Å²) in [5.74, 6) is -0.204. The molecule has 3 atom stereocenters. The predicted molar refractivity (Wildman–Crippen MR) is 131 cm³/mol. The second-order valence-electron chi connectivity index (χ2n) is 8.98. The van der Waals surface area contributed by atoms with Gasteiger partial charge in [-0.3, -0.25) is 14.4 Å². The quantitative estimate of drug-likeness (QED) is 0.657. The van der Waals surface area contributed by atoms with E-state index in [-0.39, 0.29) is 55.6 Å². The third-order valence-corrected chi connectivity index (χ3v) is 6.32. The molecular formula is C26H31N3O6. The van der Waals surface area contributed by atoms with Crippen molar-refractivity contribution in [1.29, 1.82) is 0 Å². The minimum Gasteiger partial charge on any atom is -0.490 e. The summed E-state index contributed by atoms with van der Waals surface area (Å²) in [5, 5.41) is 5.63. The van der Waals surface area contributed by atoms with Crippen LogP contribution < -0.4 is 15.4 Å². The first-order valence-electron chi connectivity index (χ1n) is 11.7. The van der Waals surface area contributed by atoms with E-state index in [2.05, 4.69) is 10.6 Å². The summed E-state index contributed by atoms with van der Waals surface area (Å²) in [5.41, 5.74) is 2.75. The van der Waals surface area contributed by atoms with Crippen LogP contribution in [0.25, 0.3) is 0 Å². The summed E-state index contributed by atoms with van der Waals surface area (Å²) in [6, 6.07) is 12.4. The molecule has 1 saturated heterocycles. The fourth-order valence-electron chi connectivity index (χ4n) is 4.49. The number of nitrogens with one attached hydrogen (secondary N) is 2. The van der Waals surface area contributed by atoms with E-state index >= 15 is 0 Å². The minimum atomic E-state index is -0.357. The van der Waals surface area contributed by atoms with Crippen molar-refractivity contribution in [2.75, 3.05) is 38.0 Å². The lowest BCUT2D eigenvalue weighted by molar-refractivity contribution is -0.130. The summed E-state index contributed by atoms with van der Waals surface area (Å²) >= 11 is 0. The smallest absolute Gasteiger partial charge is 0.257 e. The van der Waals surface area contributed by atoms with Gasteiger partial charge in [-0.25, -0.2) is 0 Å². The fourth-order valence-corrected chi connectivity index (χ4v) is 4.49. The first-order chi connectivity index (χ1) is 16.8. The molecule has 2 aromatic rings. The number of hydrogen-bond acceptors (Lipinski definition) is 6. The summed E-state index contributed by atoms with van der Waals surface area (Å²) in [6.45, 7) is 2.17. The molecular weight excluding hydrogens is 450 g/mol. The molecule has 1 fully saturated rings. The van der Waals surface area contributed by atoms with Gasteiger partial charge in [-0.05, 0) is 50.1 Å². The van der Waals surface area contributed by atoms with Gasteiger partial charge in [0.05, 0.1) is 24.1 Å². The van der Waals surface area contributed by atoms with Crippen molar-refractivity contribution >= 4 is 29.1 Å². The van der Waals surface area contributed by atoms with Crippen LogP contribution in [-0.4, -0.2) is 68.2 Å². The van der Waals surface area contributed by atoms with Gasteiger partial charge in [0.1, 0.15) is 25.1 Å². The molecule has 2 aliphatic rings. The van der Waals surface area contributed by atoms with Gasteiger partial charge in [0.2, 0.25) is 11.8 Å². The highest BCUT2D eigenvalue weighted by Crippen LogP contribution is 2.32. The average molecular weight is 482 g/mol. The molecule has 2 heterocycles. The van der Waals surface area contributed by atoms with Gasteiger partial charge < -0.3 is 29.7 Å².